The zero-order valence-corrected chi connectivity index (χ0v) is 22.5. The number of sulfone groups is 1. The number of hydrogen-bond donors (Lipinski definition) is 1. The number of aromatic carboxylic acids is 1. The average molecular weight is 571 g/mol. The summed E-state index contributed by atoms with van der Waals surface area (Å²) >= 11 is 1.28. The second-order valence-corrected chi connectivity index (χ2v) is 12.4. The first kappa shape index (κ1) is 27.7. The Labute approximate surface area is 221 Å². The topological polar surface area (TPSA) is 129 Å². The van der Waals surface area contributed by atoms with E-state index in [0.717, 1.165) is 6.26 Å². The van der Waals surface area contributed by atoms with Crippen LogP contribution < -0.4 is 9.80 Å². The van der Waals surface area contributed by atoms with E-state index in [2.05, 4.69) is 20.2 Å². The van der Waals surface area contributed by atoms with Gasteiger partial charge in [-0.1, -0.05) is 25.2 Å². The summed E-state index contributed by atoms with van der Waals surface area (Å²) in [5.41, 5.74) is -1.42. The fraction of sp³-hybridized carbons (Fsp3) is 0.435. The van der Waals surface area contributed by atoms with Crippen LogP contribution in [0.3, 0.4) is 0 Å². The maximum absolute atomic E-state index is 13.5. The third-order valence-corrected chi connectivity index (χ3v) is 8.21. The summed E-state index contributed by atoms with van der Waals surface area (Å²) < 4.78 is 65.9. The third-order valence-electron chi connectivity index (χ3n) is 6.21. The molecule has 204 valence electrons. The fourth-order valence-corrected chi connectivity index (χ4v) is 6.04. The second kappa shape index (κ2) is 10.1. The number of hydrogen-bond acceptors (Lipinski definition) is 10. The number of carbonyl (C=O) groups is 1. The summed E-state index contributed by atoms with van der Waals surface area (Å²) in [6, 6.07) is 4.71. The van der Waals surface area contributed by atoms with E-state index < -0.39 is 33.2 Å². The number of benzene rings is 1. The van der Waals surface area contributed by atoms with E-state index in [9.17, 15) is 26.4 Å². The van der Waals surface area contributed by atoms with E-state index in [1.807, 2.05) is 18.7 Å². The third kappa shape index (κ3) is 5.57. The number of aryl methyl sites for hydroxylation is 1. The molecule has 15 heteroatoms. The number of anilines is 2. The van der Waals surface area contributed by atoms with Crippen LogP contribution in [-0.2, 0) is 16.0 Å². The van der Waals surface area contributed by atoms with Gasteiger partial charge >= 0.3 is 12.1 Å². The highest BCUT2D eigenvalue weighted by Crippen LogP contribution is 2.35. The Bertz CT molecular complexity index is 1480. The molecule has 1 aromatic carbocycles. The molecule has 0 amide bonds. The molecule has 1 N–H and O–H groups in total. The van der Waals surface area contributed by atoms with Crippen molar-refractivity contribution in [2.24, 2.45) is 5.92 Å². The molecular weight excluding hydrogens is 545 g/mol. The van der Waals surface area contributed by atoms with Crippen molar-refractivity contribution in [3.8, 4) is 10.6 Å². The van der Waals surface area contributed by atoms with E-state index in [-0.39, 0.29) is 29.3 Å². The lowest BCUT2D eigenvalue weighted by Gasteiger charge is -2.44. The number of rotatable bonds is 6. The van der Waals surface area contributed by atoms with Crippen molar-refractivity contribution < 1.29 is 31.5 Å². The van der Waals surface area contributed by atoms with E-state index in [1.54, 1.807) is 30.0 Å². The van der Waals surface area contributed by atoms with Gasteiger partial charge in [0.15, 0.2) is 15.5 Å². The van der Waals surface area contributed by atoms with Crippen LogP contribution in [0.1, 0.15) is 34.9 Å². The highest BCUT2D eigenvalue weighted by atomic mass is 32.2. The van der Waals surface area contributed by atoms with Gasteiger partial charge in [-0.15, -0.1) is 10.2 Å². The molecule has 0 spiro atoms. The Kier molecular flexibility index (Phi) is 7.36. The predicted octanol–water partition coefficient (Wildman–Crippen LogP) is 3.78. The van der Waals surface area contributed by atoms with Crippen molar-refractivity contribution in [1.82, 2.24) is 20.2 Å². The first-order valence-electron chi connectivity index (χ1n) is 11.5. The van der Waals surface area contributed by atoms with E-state index >= 15 is 0 Å². The van der Waals surface area contributed by atoms with Gasteiger partial charge in [0.05, 0.1) is 10.9 Å². The van der Waals surface area contributed by atoms with Gasteiger partial charge in [0.2, 0.25) is 5.95 Å². The lowest BCUT2D eigenvalue weighted by molar-refractivity contribution is -0.141. The Morgan fingerprint density at radius 2 is 1.92 bits per heavy atom. The van der Waals surface area contributed by atoms with Crippen LogP contribution in [0.5, 0.6) is 0 Å². The Hall–Kier alpha value is -3.33. The van der Waals surface area contributed by atoms with Crippen molar-refractivity contribution in [3.63, 3.8) is 0 Å². The Morgan fingerprint density at radius 1 is 1.21 bits per heavy atom. The normalized spacial score (nSPS) is 16.8. The monoisotopic (exact) mass is 570 g/mol. The second-order valence-electron chi connectivity index (χ2n) is 9.26. The molecule has 0 bridgehead atoms. The molecule has 0 aliphatic carbocycles. The van der Waals surface area contributed by atoms with Gasteiger partial charge in [-0.25, -0.2) is 23.2 Å². The number of nitrogens with zero attached hydrogens (tertiary/aromatic N) is 6. The lowest BCUT2D eigenvalue weighted by Crippen LogP contribution is -2.56. The summed E-state index contributed by atoms with van der Waals surface area (Å²) in [5, 5.41) is 18.4. The molecule has 2 aromatic heterocycles. The number of aromatic nitrogens is 4. The van der Waals surface area contributed by atoms with Crippen molar-refractivity contribution >= 4 is 38.8 Å². The van der Waals surface area contributed by atoms with Gasteiger partial charge in [-0.3, -0.25) is 0 Å². The summed E-state index contributed by atoms with van der Waals surface area (Å²) in [4.78, 5) is 22.6. The minimum Gasteiger partial charge on any atom is -0.478 e. The quantitative estimate of drug-likeness (QED) is 0.467. The number of halogens is 3. The summed E-state index contributed by atoms with van der Waals surface area (Å²) in [6.07, 6.45) is -3.16. The highest BCUT2D eigenvalue weighted by molar-refractivity contribution is 7.90. The van der Waals surface area contributed by atoms with Crippen molar-refractivity contribution in [2.75, 3.05) is 35.7 Å². The fourth-order valence-electron chi connectivity index (χ4n) is 4.34. The molecular formula is C23H25F3N6O4S2. The zero-order valence-electron chi connectivity index (χ0n) is 20.9. The van der Waals surface area contributed by atoms with Gasteiger partial charge in [0.1, 0.15) is 15.6 Å². The number of carboxylic acid groups (broad SMARTS) is 1. The van der Waals surface area contributed by atoms with Crippen molar-refractivity contribution in [2.45, 2.75) is 37.9 Å². The van der Waals surface area contributed by atoms with Gasteiger partial charge in [0, 0.05) is 43.3 Å². The van der Waals surface area contributed by atoms with Crippen molar-refractivity contribution in [1.29, 1.82) is 0 Å². The SMILES string of the molecule is Cc1nnc(-c2ccc(N3CCN(c4ncc(C(=O)O)c(C(F)(F)F)n4)C(C(C)C)C3)cc2S(C)(=O)=O)s1. The summed E-state index contributed by atoms with van der Waals surface area (Å²) in [6.45, 7) is 6.51. The van der Waals surface area contributed by atoms with Gasteiger partial charge in [0.25, 0.3) is 0 Å². The molecule has 38 heavy (non-hydrogen) atoms. The first-order valence-corrected chi connectivity index (χ1v) is 14.2. The number of alkyl halides is 3. The zero-order chi connectivity index (χ0) is 28.0. The van der Waals surface area contributed by atoms with Crippen LogP contribution in [0.2, 0.25) is 0 Å². The average Bonchev–Trinajstić information content (AvgIpc) is 3.27. The van der Waals surface area contributed by atoms with E-state index in [1.165, 1.54) is 11.3 Å². The molecule has 4 rings (SSSR count). The standard InChI is InChI=1S/C23H25F3N6O4S2/c1-12(2)17-11-31(7-8-32(17)22-27-10-16(21(33)34)19(28-22)23(24,25)26)14-5-6-15(18(9-14)38(4,35)36)20-30-29-13(3)37-20/h5-6,9-10,12,17H,7-8,11H2,1-4H3,(H,33,34). The maximum Gasteiger partial charge on any atom is 0.434 e. The van der Waals surface area contributed by atoms with Gasteiger partial charge in [-0.05, 0) is 31.0 Å². The lowest BCUT2D eigenvalue weighted by atomic mass is 9.99. The molecule has 1 aliphatic rings. The minimum absolute atomic E-state index is 0.0482. The Morgan fingerprint density at radius 3 is 2.47 bits per heavy atom. The van der Waals surface area contributed by atoms with Gasteiger partial charge in [-0.2, -0.15) is 13.2 Å². The van der Waals surface area contributed by atoms with Crippen LogP contribution in [0.25, 0.3) is 10.6 Å². The predicted molar refractivity (Wildman–Crippen MR) is 135 cm³/mol. The molecule has 3 aromatic rings. The molecule has 1 atom stereocenters. The molecule has 1 aliphatic heterocycles. The van der Waals surface area contributed by atoms with Crippen LogP contribution in [-0.4, -0.2) is 71.6 Å². The molecule has 3 heterocycles. The van der Waals surface area contributed by atoms with Gasteiger partial charge < -0.3 is 14.9 Å². The first-order chi connectivity index (χ1) is 17.7. The number of carboxylic acids is 1. The van der Waals surface area contributed by atoms with E-state index in [0.29, 0.717) is 40.6 Å². The van der Waals surface area contributed by atoms with E-state index in [4.69, 9.17) is 5.11 Å². The molecule has 1 fully saturated rings. The van der Waals surface area contributed by atoms with Crippen molar-refractivity contribution in [3.05, 3.63) is 40.7 Å². The molecule has 10 nitrogen and oxygen atoms in total. The largest absolute Gasteiger partial charge is 0.478 e. The Balaban J connectivity index is 1.68. The van der Waals surface area contributed by atoms with Crippen LogP contribution in [0, 0.1) is 12.8 Å². The molecule has 1 saturated heterocycles. The smallest absolute Gasteiger partial charge is 0.434 e. The molecule has 1 unspecified atom stereocenters. The van der Waals surface area contributed by atoms with Crippen LogP contribution in [0.15, 0.2) is 29.3 Å². The molecule has 0 saturated carbocycles. The summed E-state index contributed by atoms with van der Waals surface area (Å²) in [7, 11) is -3.62. The minimum atomic E-state index is -4.96. The maximum atomic E-state index is 13.5. The summed E-state index contributed by atoms with van der Waals surface area (Å²) in [5.74, 6) is -2.02. The highest BCUT2D eigenvalue weighted by Gasteiger charge is 2.40. The van der Waals surface area contributed by atoms with Crippen LogP contribution >= 0.6 is 11.3 Å². The molecule has 0 radical (unpaired) electrons. The number of piperazine rings is 1. The van der Waals surface area contributed by atoms with Crippen LogP contribution in [0.4, 0.5) is 24.8 Å².